The Hall–Kier alpha value is -14.7. The lowest BCUT2D eigenvalue weighted by atomic mass is 9.96. The number of hydrogen-bond donors (Lipinski definition) is 27. The van der Waals surface area contributed by atoms with E-state index in [1.54, 1.807) is 6.92 Å². The van der Waals surface area contributed by atoms with E-state index in [9.17, 15) is 131 Å². The maximum absolute atomic E-state index is 15.1. The van der Waals surface area contributed by atoms with Crippen molar-refractivity contribution in [1.82, 2.24) is 89.4 Å². The van der Waals surface area contributed by atoms with Crippen LogP contribution in [0.2, 0.25) is 0 Å². The third kappa shape index (κ3) is 44.2. The second kappa shape index (κ2) is 62.3. The van der Waals surface area contributed by atoms with E-state index in [2.05, 4.69) is 90.1 Å². The molecule has 0 aliphatic carbocycles. The Morgan fingerprint density at radius 3 is 1.19 bits per heavy atom. The number of aromatic hydroxyl groups is 1. The van der Waals surface area contributed by atoms with E-state index in [1.807, 2.05) is 0 Å². The molecule has 2 aromatic carbocycles. The number of unbranched alkanes of at least 4 members (excludes halogenated alkanes) is 4. The molecular formula is C89H134N24O29. The molecule has 0 unspecified atom stereocenters. The lowest BCUT2D eigenvalue weighted by Gasteiger charge is -2.29. The van der Waals surface area contributed by atoms with Gasteiger partial charge in [-0.1, -0.05) is 37.6 Å². The number of primary amides is 1. The predicted molar refractivity (Wildman–Crippen MR) is 503 cm³/mol. The highest BCUT2D eigenvalue weighted by Crippen LogP contribution is 2.24. The first-order valence-corrected chi connectivity index (χ1v) is 46.4. The van der Waals surface area contributed by atoms with E-state index in [1.165, 1.54) is 74.1 Å². The van der Waals surface area contributed by atoms with Gasteiger partial charge in [-0.3, -0.25) is 101 Å². The van der Waals surface area contributed by atoms with Crippen LogP contribution in [0, 0.1) is 5.92 Å². The molecule has 2 aromatic heterocycles. The van der Waals surface area contributed by atoms with Crippen molar-refractivity contribution in [3.8, 4) is 5.75 Å². The van der Waals surface area contributed by atoms with Crippen molar-refractivity contribution in [2.45, 2.75) is 286 Å². The third-order valence-electron chi connectivity index (χ3n) is 22.3. The van der Waals surface area contributed by atoms with E-state index in [4.69, 9.17) is 38.8 Å². The van der Waals surface area contributed by atoms with Gasteiger partial charge in [-0.15, -0.1) is 5.10 Å². The molecule has 142 heavy (non-hydrogen) atoms. The Labute approximate surface area is 815 Å². The number of fused-ring (bicyclic) bond motifs is 1. The third-order valence-corrected chi connectivity index (χ3v) is 22.3. The van der Waals surface area contributed by atoms with Crippen LogP contribution in [-0.4, -0.2) is 287 Å². The average molecular weight is 2000 g/mol. The van der Waals surface area contributed by atoms with Gasteiger partial charge in [0.25, 0.3) is 0 Å². The molecule has 2 heterocycles. The first-order valence-electron chi connectivity index (χ1n) is 46.4. The Morgan fingerprint density at radius 1 is 0.415 bits per heavy atom. The number of nitrogens with two attached hydrogens (primary N) is 6. The average Bonchev–Trinajstić information content (AvgIpc) is 1.17. The van der Waals surface area contributed by atoms with Crippen LogP contribution in [0.4, 0.5) is 5.69 Å². The molecule has 0 saturated heterocycles. The number of carbonyl (C=O) groups is 21. The van der Waals surface area contributed by atoms with Crippen LogP contribution in [-0.2, 0) is 120 Å². The van der Waals surface area contributed by atoms with Gasteiger partial charge in [-0.2, -0.15) is 0 Å². The summed E-state index contributed by atoms with van der Waals surface area (Å²) in [6, 6.07) is -12.3. The molecule has 33 N–H and O–H groups in total. The number of carboxylic acids is 5. The van der Waals surface area contributed by atoms with E-state index in [0.717, 1.165) is 13.0 Å². The van der Waals surface area contributed by atoms with Crippen LogP contribution in [0.15, 0.2) is 63.9 Å². The van der Waals surface area contributed by atoms with Gasteiger partial charge in [-0.05, 0) is 190 Å². The molecule has 0 aliphatic rings. The molecule has 0 radical (unpaired) electrons. The number of rotatable bonds is 69. The first kappa shape index (κ1) is 120. The van der Waals surface area contributed by atoms with E-state index < -0.39 is 304 Å². The van der Waals surface area contributed by atoms with Gasteiger partial charge >= 0.3 is 35.5 Å². The zero-order valence-corrected chi connectivity index (χ0v) is 79.7. The van der Waals surface area contributed by atoms with Crippen molar-refractivity contribution in [3.05, 3.63) is 82.0 Å². The molecule has 53 heteroatoms. The number of aromatic nitrogens is 3. The fourth-order valence-corrected chi connectivity index (χ4v) is 14.2. The fourth-order valence-electron chi connectivity index (χ4n) is 14.2. The molecule has 0 saturated carbocycles. The minimum absolute atomic E-state index is 0.0339. The van der Waals surface area contributed by atoms with Gasteiger partial charge in [0, 0.05) is 81.3 Å². The quantitative estimate of drug-likeness (QED) is 0.0145. The molecule has 16 amide bonds. The van der Waals surface area contributed by atoms with Crippen molar-refractivity contribution in [3.63, 3.8) is 0 Å². The molecule has 0 bridgehead atoms. The maximum atomic E-state index is 15.1. The predicted octanol–water partition coefficient (Wildman–Crippen LogP) is -5.96. The normalized spacial score (nSPS) is 14.3. The van der Waals surface area contributed by atoms with Crippen LogP contribution in [0.1, 0.15) is 199 Å². The van der Waals surface area contributed by atoms with E-state index in [-0.39, 0.29) is 105 Å². The van der Waals surface area contributed by atoms with Crippen molar-refractivity contribution >= 4 is 141 Å². The molecule has 4 rings (SSSR count). The number of phenolic OH excluding ortho intramolecular Hbond substituents is 1. The lowest BCUT2D eigenvalue weighted by Crippen LogP contribution is -2.61. The minimum atomic E-state index is -2.01. The Bertz CT molecular complexity index is 5070. The number of carboxylic acid groups (broad SMARTS) is 5. The number of anilines is 1. The number of hydrogen-bond acceptors (Lipinski definition) is 31. The summed E-state index contributed by atoms with van der Waals surface area (Å²) in [4.78, 5) is 297. The smallest absolute Gasteiger partial charge is 0.336 e. The molecule has 0 fully saturated rings. The monoisotopic (exact) mass is 2000 g/mol. The van der Waals surface area contributed by atoms with Gasteiger partial charge in [-0.25, -0.2) is 9.48 Å². The van der Waals surface area contributed by atoms with Crippen molar-refractivity contribution in [1.29, 1.82) is 0 Å². The summed E-state index contributed by atoms with van der Waals surface area (Å²) in [6.45, 7) is 6.17. The summed E-state index contributed by atoms with van der Waals surface area (Å²) in [5, 5.41) is 104. The molecular weight excluding hydrogens is 1870 g/mol. The maximum Gasteiger partial charge on any atom is 0.336 e. The van der Waals surface area contributed by atoms with Gasteiger partial charge < -0.3 is 149 Å². The second-order valence-corrected chi connectivity index (χ2v) is 34.0. The Balaban J connectivity index is 1.74. The van der Waals surface area contributed by atoms with Crippen molar-refractivity contribution in [2.24, 2.45) is 40.3 Å². The van der Waals surface area contributed by atoms with Crippen LogP contribution in [0.5, 0.6) is 5.75 Å². The van der Waals surface area contributed by atoms with Gasteiger partial charge in [0.05, 0.1) is 24.8 Å². The molecule has 0 spiro atoms. The van der Waals surface area contributed by atoms with Crippen LogP contribution in [0.3, 0.4) is 0 Å². The summed E-state index contributed by atoms with van der Waals surface area (Å²) in [5.74, 6) is -25.6. The number of nitrogens with zero attached hydrogens (tertiary/aromatic N) is 3. The molecule has 0 aliphatic heterocycles. The summed E-state index contributed by atoms with van der Waals surface area (Å²) in [6.07, 6.45) is -4.61. The summed E-state index contributed by atoms with van der Waals surface area (Å²) >= 11 is 0. The fraction of sp³-hybridized carbons (Fsp3) is 0.573. The second-order valence-electron chi connectivity index (χ2n) is 34.0. The summed E-state index contributed by atoms with van der Waals surface area (Å²) in [5.41, 5.74) is 34.1. The molecule has 784 valence electrons. The first-order chi connectivity index (χ1) is 67.2. The van der Waals surface area contributed by atoms with Crippen LogP contribution < -0.4 is 120 Å². The zero-order chi connectivity index (χ0) is 106. The number of phenols is 1. The standard InChI is InChI=1S/C89H134N24O29/c1-6-46(2)75(110-87(139)64(29-34-73(125)126)106-86(138)63(28-33-72(123)124)105-85(137)62(27-32-71(121)122)101-77(129)47(3)94)89(141)109-65(39-50-19-22-54(115)23-20-50)79(131)96-43-68(116)99-60(25-30-69(117)118)84(136)108-66(41-53-45-113(112-111-53)44-51-40-74(127)142-67-42-52(98-49(5)114)21-24-55(51)67)88(140)107-61(26-31-70(119)120)80(132)97-48(4)78(130)102-57(16-8-12-36-91)82(134)104-59(18-10-14-38-93)83(135)103-58(17-9-13-37-92)81(133)100-56(76(95)128)15-7-11-35-90/h19-24,40,42,45-48,56-66,75,115H,6-18,25-39,41,43-44,90-94H2,1-5H3,(H2,95,128)(H,96,131)(H,97,132)(H,98,114)(H,99,116)(H,100,133)(H,101,129)(H,102,130)(H,103,135)(H,104,134)(H,105,137)(H,106,138)(H,107,140)(H,108,136)(H,109,141)(H,110,139)(H,117,118)(H,119,120)(H,121,122)(H,123,124)(H,125,126)/t46-,47-,48-,56-,57-,58-,59-,60-,61-,62-,63-,64-,65-,66-,75-/m0/s1. The lowest BCUT2D eigenvalue weighted by molar-refractivity contribution is -0.140. The van der Waals surface area contributed by atoms with E-state index >= 15 is 4.79 Å². The topological polar surface area (TPSA) is 877 Å². The highest BCUT2D eigenvalue weighted by molar-refractivity contribution is 6.01. The number of nitrogens with one attached hydrogen (secondary N) is 15. The number of benzene rings is 2. The van der Waals surface area contributed by atoms with Gasteiger partial charge in [0.1, 0.15) is 89.9 Å². The SMILES string of the molecule is CC[C@H](C)[C@H](NC(=O)[C@H](CCC(=O)O)NC(=O)[C@H](CCC(=O)O)NC(=O)[C@H](CCC(=O)O)NC(=O)[C@H](C)N)C(=O)N[C@@H](Cc1ccc(O)cc1)C(=O)NCC(=O)N[C@@H](CCC(=O)O)C(=O)N[C@@H](Cc1cn(Cc2cc(=O)oc3cc(NC(C)=O)ccc23)nn1)C(=O)N[C@@H](CCC(=O)O)C(=O)N[C@@H](C)C(=O)N[C@@H](CCCCN)C(=O)N[C@@H](CCCCN)C(=O)N[C@@H](CCCCN)C(=O)N[C@@H](CCCCN)C(N)=O. The molecule has 4 aromatic rings. The largest absolute Gasteiger partial charge is 0.508 e. The number of aliphatic carboxylic acids is 5. The Kier molecular flexibility index (Phi) is 52.5. The number of amides is 16. The Morgan fingerprint density at radius 2 is 0.782 bits per heavy atom. The summed E-state index contributed by atoms with van der Waals surface area (Å²) in [7, 11) is 0. The summed E-state index contributed by atoms with van der Waals surface area (Å²) < 4.78 is 6.59. The van der Waals surface area contributed by atoms with Gasteiger partial charge in [0.15, 0.2) is 0 Å². The van der Waals surface area contributed by atoms with Crippen molar-refractivity contribution < 1.29 is 136 Å². The highest BCUT2D eigenvalue weighted by Gasteiger charge is 2.39. The molecule has 53 nitrogen and oxygen atoms in total. The molecule has 15 atom stereocenters. The van der Waals surface area contributed by atoms with Crippen LogP contribution in [0.25, 0.3) is 11.0 Å². The highest BCUT2D eigenvalue weighted by atomic mass is 16.4. The van der Waals surface area contributed by atoms with Crippen molar-refractivity contribution in [2.75, 3.05) is 38.0 Å². The van der Waals surface area contributed by atoms with E-state index in [0.29, 0.717) is 50.5 Å². The minimum Gasteiger partial charge on any atom is -0.508 e. The van der Waals surface area contributed by atoms with Gasteiger partial charge in [0.2, 0.25) is 94.5 Å². The zero-order valence-electron chi connectivity index (χ0n) is 79.7. The number of carbonyl (C=O) groups excluding carboxylic acids is 16. The van der Waals surface area contributed by atoms with Crippen LogP contribution >= 0.6 is 0 Å².